The van der Waals surface area contributed by atoms with Gasteiger partial charge in [-0.25, -0.2) is 22.3 Å². The molecule has 0 atom stereocenters. The Kier molecular flexibility index (Phi) is 4.03. The van der Waals surface area contributed by atoms with Gasteiger partial charge >= 0.3 is 0 Å². The average molecular weight is 318 g/mol. The second-order valence-corrected chi connectivity index (χ2v) is 6.78. The third kappa shape index (κ3) is 3.06. The Hall–Kier alpha value is -1.54. The first kappa shape index (κ1) is 15.8. The molecular weight excluding hydrogens is 302 g/mol. The highest BCUT2D eigenvalue weighted by molar-refractivity contribution is 7.89. The van der Waals surface area contributed by atoms with Crippen LogP contribution in [-0.2, 0) is 10.0 Å². The predicted molar refractivity (Wildman–Crippen MR) is 72.1 cm³/mol. The molecule has 0 spiro atoms. The summed E-state index contributed by atoms with van der Waals surface area (Å²) >= 11 is 0. The summed E-state index contributed by atoms with van der Waals surface area (Å²) in [5.74, 6) is -3.20. The van der Waals surface area contributed by atoms with Crippen molar-refractivity contribution < 1.29 is 22.0 Å². The van der Waals surface area contributed by atoms with Crippen LogP contribution in [0.5, 0.6) is 0 Å². The van der Waals surface area contributed by atoms with Crippen LogP contribution < -0.4 is 10.5 Å². The molecule has 0 unspecified atom stereocenters. The topological polar surface area (TPSA) is 89.3 Å². The van der Waals surface area contributed by atoms with Crippen molar-refractivity contribution in [3.05, 3.63) is 29.3 Å². The SMILES string of the molecule is CCC1(NC(=O)c2cc(F)cc(S(N)(=O)=O)c2F)CCC1. The fourth-order valence-electron chi connectivity index (χ4n) is 2.42. The molecule has 1 aromatic rings. The number of amides is 1. The molecule has 0 aromatic heterocycles. The molecule has 1 aromatic carbocycles. The van der Waals surface area contributed by atoms with Crippen molar-refractivity contribution in [2.45, 2.75) is 43.0 Å². The molecule has 1 aliphatic carbocycles. The second-order valence-electron chi connectivity index (χ2n) is 5.25. The molecule has 1 amide bonds. The van der Waals surface area contributed by atoms with Gasteiger partial charge in [0.2, 0.25) is 10.0 Å². The molecule has 0 heterocycles. The van der Waals surface area contributed by atoms with E-state index in [-0.39, 0.29) is 0 Å². The van der Waals surface area contributed by atoms with Crippen molar-refractivity contribution in [2.24, 2.45) is 5.14 Å². The smallest absolute Gasteiger partial charge is 0.254 e. The van der Waals surface area contributed by atoms with E-state index >= 15 is 0 Å². The summed E-state index contributed by atoms with van der Waals surface area (Å²) in [4.78, 5) is 11.1. The van der Waals surface area contributed by atoms with E-state index in [4.69, 9.17) is 5.14 Å². The third-order valence-corrected chi connectivity index (χ3v) is 4.83. The van der Waals surface area contributed by atoms with Gasteiger partial charge in [-0.1, -0.05) is 6.92 Å². The van der Waals surface area contributed by atoms with Crippen LogP contribution in [0.2, 0.25) is 0 Å². The summed E-state index contributed by atoms with van der Waals surface area (Å²) in [6, 6.07) is 1.13. The number of hydrogen-bond donors (Lipinski definition) is 2. The summed E-state index contributed by atoms with van der Waals surface area (Å²) in [5.41, 5.74) is -1.07. The van der Waals surface area contributed by atoms with Gasteiger partial charge in [0.1, 0.15) is 10.7 Å². The van der Waals surface area contributed by atoms with Crippen LogP contribution in [0.1, 0.15) is 43.0 Å². The summed E-state index contributed by atoms with van der Waals surface area (Å²) in [6.07, 6.45) is 3.13. The van der Waals surface area contributed by atoms with E-state index in [1.165, 1.54) is 0 Å². The van der Waals surface area contributed by atoms with E-state index < -0.39 is 43.6 Å². The van der Waals surface area contributed by atoms with Gasteiger partial charge in [-0.15, -0.1) is 0 Å². The van der Waals surface area contributed by atoms with E-state index in [9.17, 15) is 22.0 Å². The minimum absolute atomic E-state index is 0.419. The molecule has 0 bridgehead atoms. The first-order chi connectivity index (χ1) is 9.68. The zero-order valence-electron chi connectivity index (χ0n) is 11.4. The number of carbonyl (C=O) groups excluding carboxylic acids is 1. The molecule has 21 heavy (non-hydrogen) atoms. The van der Waals surface area contributed by atoms with Crippen molar-refractivity contribution >= 4 is 15.9 Å². The lowest BCUT2D eigenvalue weighted by atomic mass is 9.74. The molecule has 2 rings (SSSR count). The largest absolute Gasteiger partial charge is 0.347 e. The molecule has 0 radical (unpaired) electrons. The average Bonchev–Trinajstić information content (AvgIpc) is 2.34. The summed E-state index contributed by atoms with van der Waals surface area (Å²) in [5, 5.41) is 7.48. The molecule has 116 valence electrons. The number of rotatable bonds is 4. The monoisotopic (exact) mass is 318 g/mol. The van der Waals surface area contributed by atoms with Gasteiger partial charge in [0, 0.05) is 5.54 Å². The van der Waals surface area contributed by atoms with E-state index in [0.717, 1.165) is 19.3 Å². The third-order valence-electron chi connectivity index (χ3n) is 3.92. The van der Waals surface area contributed by atoms with Crippen LogP contribution in [0.4, 0.5) is 8.78 Å². The first-order valence-electron chi connectivity index (χ1n) is 6.53. The van der Waals surface area contributed by atoms with Crippen molar-refractivity contribution in [2.75, 3.05) is 0 Å². The van der Waals surface area contributed by atoms with Crippen molar-refractivity contribution in [3.8, 4) is 0 Å². The molecule has 1 fully saturated rings. The van der Waals surface area contributed by atoms with Crippen LogP contribution in [-0.4, -0.2) is 19.9 Å². The van der Waals surface area contributed by atoms with Gasteiger partial charge in [0.25, 0.3) is 5.91 Å². The molecule has 0 saturated heterocycles. The maximum absolute atomic E-state index is 14.1. The quantitative estimate of drug-likeness (QED) is 0.885. The number of nitrogens with one attached hydrogen (secondary N) is 1. The predicted octanol–water partition coefficient (Wildman–Crippen LogP) is 1.67. The minimum Gasteiger partial charge on any atom is -0.347 e. The van der Waals surface area contributed by atoms with Crippen LogP contribution in [0.3, 0.4) is 0 Å². The zero-order chi connectivity index (χ0) is 15.8. The number of nitrogens with two attached hydrogens (primary N) is 1. The molecule has 8 heteroatoms. The lowest BCUT2D eigenvalue weighted by Crippen LogP contribution is -2.53. The lowest BCUT2D eigenvalue weighted by Gasteiger charge is -2.42. The van der Waals surface area contributed by atoms with Gasteiger partial charge in [-0.2, -0.15) is 0 Å². The number of primary sulfonamides is 1. The van der Waals surface area contributed by atoms with Gasteiger partial charge in [-0.3, -0.25) is 4.79 Å². The highest BCUT2D eigenvalue weighted by Crippen LogP contribution is 2.35. The summed E-state index contributed by atoms with van der Waals surface area (Å²) in [6.45, 7) is 1.89. The Morgan fingerprint density at radius 1 is 1.38 bits per heavy atom. The summed E-state index contributed by atoms with van der Waals surface area (Å²) in [7, 11) is -4.45. The van der Waals surface area contributed by atoms with Crippen LogP contribution >= 0.6 is 0 Å². The van der Waals surface area contributed by atoms with Gasteiger partial charge in [0.05, 0.1) is 5.56 Å². The van der Waals surface area contributed by atoms with Crippen molar-refractivity contribution in [3.63, 3.8) is 0 Å². The van der Waals surface area contributed by atoms with E-state index in [1.54, 1.807) is 0 Å². The van der Waals surface area contributed by atoms with Crippen molar-refractivity contribution in [1.29, 1.82) is 0 Å². The molecule has 0 aliphatic heterocycles. The lowest BCUT2D eigenvalue weighted by molar-refractivity contribution is 0.0815. The minimum atomic E-state index is -4.45. The van der Waals surface area contributed by atoms with Gasteiger partial charge in [0.15, 0.2) is 5.82 Å². The van der Waals surface area contributed by atoms with E-state index in [2.05, 4.69) is 5.32 Å². The molecular formula is C13H16F2N2O3S. The highest BCUT2D eigenvalue weighted by atomic mass is 32.2. The fourth-order valence-corrected chi connectivity index (χ4v) is 3.05. The first-order valence-corrected chi connectivity index (χ1v) is 8.07. The van der Waals surface area contributed by atoms with Crippen LogP contribution in [0.25, 0.3) is 0 Å². The molecule has 3 N–H and O–H groups in total. The number of sulfonamides is 1. The molecule has 5 nitrogen and oxygen atoms in total. The maximum Gasteiger partial charge on any atom is 0.254 e. The number of hydrogen-bond acceptors (Lipinski definition) is 3. The van der Waals surface area contributed by atoms with Crippen LogP contribution in [0, 0.1) is 11.6 Å². The zero-order valence-corrected chi connectivity index (χ0v) is 12.3. The second kappa shape index (κ2) is 5.34. The standard InChI is InChI=1S/C13H16F2N2O3S/c1-2-13(4-3-5-13)17-12(18)9-6-8(14)7-10(11(9)15)21(16,19)20/h6-7H,2-5H2,1H3,(H,17,18)(H2,16,19,20). The Labute approximate surface area is 121 Å². The summed E-state index contributed by atoms with van der Waals surface area (Å²) < 4.78 is 50.0. The number of carbonyl (C=O) groups is 1. The van der Waals surface area contributed by atoms with Crippen LogP contribution in [0.15, 0.2) is 17.0 Å². The van der Waals surface area contributed by atoms with E-state index in [0.29, 0.717) is 18.6 Å². The fraction of sp³-hybridized carbons (Fsp3) is 0.462. The van der Waals surface area contributed by atoms with Gasteiger partial charge < -0.3 is 5.32 Å². The Morgan fingerprint density at radius 2 is 2.00 bits per heavy atom. The maximum atomic E-state index is 14.1. The molecule has 1 aliphatic rings. The molecule has 1 saturated carbocycles. The normalized spacial score (nSPS) is 17.1. The van der Waals surface area contributed by atoms with Gasteiger partial charge in [-0.05, 0) is 37.8 Å². The highest BCUT2D eigenvalue weighted by Gasteiger charge is 2.37. The Balaban J connectivity index is 2.40. The Morgan fingerprint density at radius 3 is 2.43 bits per heavy atom. The number of halogens is 2. The Bertz CT molecular complexity index is 679. The van der Waals surface area contributed by atoms with E-state index in [1.807, 2.05) is 6.92 Å². The van der Waals surface area contributed by atoms with Crippen molar-refractivity contribution in [1.82, 2.24) is 5.32 Å². The number of benzene rings is 1.